The van der Waals surface area contributed by atoms with Gasteiger partial charge in [0.05, 0.1) is 22.4 Å². The molecular formula is C28H33FN4O2S. The van der Waals surface area contributed by atoms with Gasteiger partial charge in [0, 0.05) is 23.1 Å². The fourth-order valence-corrected chi connectivity index (χ4v) is 5.56. The highest BCUT2D eigenvalue weighted by Gasteiger charge is 2.40. The molecule has 6 nitrogen and oxygen atoms in total. The zero-order chi connectivity index (χ0) is 26.0. The lowest BCUT2D eigenvalue weighted by Crippen LogP contribution is -2.42. The number of rotatable bonds is 6. The Morgan fingerprint density at radius 1 is 1.17 bits per heavy atom. The SMILES string of the molecule is CCCNC(=O)CN1C(=O)CSC(c2ccccc2F)c2c(C(C)(C)C)nn(-c3ccc(C)cc3)c21. The number of thioether (sulfide) groups is 1. The molecule has 4 rings (SSSR count). The first-order valence-electron chi connectivity index (χ1n) is 12.2. The third-order valence-corrected chi connectivity index (χ3v) is 7.38. The Morgan fingerprint density at radius 3 is 2.50 bits per heavy atom. The van der Waals surface area contributed by atoms with Crippen LogP contribution < -0.4 is 10.2 Å². The second kappa shape index (κ2) is 10.5. The third kappa shape index (κ3) is 5.19. The lowest BCUT2D eigenvalue weighted by molar-refractivity contribution is -0.122. The van der Waals surface area contributed by atoms with Gasteiger partial charge >= 0.3 is 0 Å². The minimum atomic E-state index is -0.456. The quantitative estimate of drug-likeness (QED) is 0.490. The molecule has 2 aromatic carbocycles. The lowest BCUT2D eigenvalue weighted by atomic mass is 9.87. The van der Waals surface area contributed by atoms with E-state index in [4.69, 9.17) is 5.10 Å². The maximum absolute atomic E-state index is 15.1. The molecule has 0 saturated heterocycles. The summed E-state index contributed by atoms with van der Waals surface area (Å²) in [7, 11) is 0. The summed E-state index contributed by atoms with van der Waals surface area (Å²) < 4.78 is 16.9. The molecule has 1 N–H and O–H groups in total. The second-order valence-electron chi connectivity index (χ2n) is 10.1. The maximum Gasteiger partial charge on any atom is 0.240 e. The topological polar surface area (TPSA) is 67.2 Å². The molecule has 8 heteroatoms. The van der Waals surface area contributed by atoms with Crippen molar-refractivity contribution in [3.63, 3.8) is 0 Å². The van der Waals surface area contributed by atoms with Crippen LogP contribution in [0.1, 0.15) is 61.7 Å². The van der Waals surface area contributed by atoms with Gasteiger partial charge in [0.15, 0.2) is 0 Å². The number of aromatic nitrogens is 2. The van der Waals surface area contributed by atoms with Crippen LogP contribution in [0, 0.1) is 12.7 Å². The standard InChI is InChI=1S/C28H33FN4O2S/c1-6-15-30-22(34)16-32-23(35)17-36-25(20-9-7-8-10-21(20)29)24-26(28(3,4)5)31-33(27(24)32)19-13-11-18(2)12-14-19/h7-14,25H,6,15-17H2,1-5H3,(H,30,34). The van der Waals surface area contributed by atoms with E-state index in [0.29, 0.717) is 17.9 Å². The summed E-state index contributed by atoms with van der Waals surface area (Å²) in [5, 5.41) is 7.44. The number of halogens is 1. The number of anilines is 1. The summed E-state index contributed by atoms with van der Waals surface area (Å²) >= 11 is 1.38. The van der Waals surface area contributed by atoms with Gasteiger partial charge in [-0.2, -0.15) is 5.10 Å². The van der Waals surface area contributed by atoms with Crippen LogP contribution in [0.25, 0.3) is 5.69 Å². The summed E-state index contributed by atoms with van der Waals surface area (Å²) in [5.41, 5.74) is 3.52. The maximum atomic E-state index is 15.1. The Balaban J connectivity index is 2.00. The summed E-state index contributed by atoms with van der Waals surface area (Å²) in [6, 6.07) is 14.6. The van der Waals surface area contributed by atoms with Gasteiger partial charge < -0.3 is 5.32 Å². The molecule has 1 aliphatic rings. The Hall–Kier alpha value is -3.13. The van der Waals surface area contributed by atoms with Gasteiger partial charge in [-0.1, -0.05) is 63.6 Å². The van der Waals surface area contributed by atoms with Crippen molar-refractivity contribution in [3.8, 4) is 5.69 Å². The van der Waals surface area contributed by atoms with Gasteiger partial charge in [0.1, 0.15) is 18.2 Å². The molecule has 3 aromatic rings. The average molecular weight is 509 g/mol. The number of aryl methyl sites for hydroxylation is 1. The first-order valence-corrected chi connectivity index (χ1v) is 13.3. The van der Waals surface area contributed by atoms with Crippen molar-refractivity contribution in [3.05, 3.63) is 76.7 Å². The van der Waals surface area contributed by atoms with Crippen LogP contribution in [0.4, 0.5) is 10.2 Å². The number of nitrogens with one attached hydrogen (secondary N) is 1. The van der Waals surface area contributed by atoms with Crippen LogP contribution in [0.3, 0.4) is 0 Å². The average Bonchev–Trinajstić information content (AvgIpc) is 3.17. The number of hydrogen-bond donors (Lipinski definition) is 1. The fraction of sp³-hybridized carbons (Fsp3) is 0.393. The van der Waals surface area contributed by atoms with Gasteiger partial charge in [0.2, 0.25) is 11.8 Å². The van der Waals surface area contributed by atoms with E-state index in [9.17, 15) is 9.59 Å². The molecule has 2 amide bonds. The molecule has 0 radical (unpaired) electrons. The molecule has 2 heterocycles. The van der Waals surface area contributed by atoms with Crippen molar-refractivity contribution in [1.29, 1.82) is 0 Å². The zero-order valence-corrected chi connectivity index (χ0v) is 22.3. The molecule has 0 fully saturated rings. The van der Waals surface area contributed by atoms with Gasteiger partial charge in [-0.3, -0.25) is 14.5 Å². The van der Waals surface area contributed by atoms with Crippen molar-refractivity contribution >= 4 is 29.4 Å². The summed E-state index contributed by atoms with van der Waals surface area (Å²) in [4.78, 5) is 27.9. The molecule has 0 spiro atoms. The summed E-state index contributed by atoms with van der Waals surface area (Å²) in [6.45, 7) is 10.6. The molecular weight excluding hydrogens is 475 g/mol. The van der Waals surface area contributed by atoms with E-state index in [2.05, 4.69) is 26.1 Å². The number of amides is 2. The van der Waals surface area contributed by atoms with Crippen molar-refractivity contribution in [2.75, 3.05) is 23.7 Å². The van der Waals surface area contributed by atoms with E-state index in [1.54, 1.807) is 16.8 Å². The van der Waals surface area contributed by atoms with Crippen molar-refractivity contribution in [2.24, 2.45) is 0 Å². The molecule has 1 unspecified atom stereocenters. The predicted octanol–water partition coefficient (Wildman–Crippen LogP) is 5.31. The third-order valence-electron chi connectivity index (χ3n) is 6.14. The van der Waals surface area contributed by atoms with Crippen LogP contribution in [-0.4, -0.2) is 40.4 Å². The Labute approximate surface area is 216 Å². The van der Waals surface area contributed by atoms with Crippen molar-refractivity contribution in [2.45, 2.75) is 51.7 Å². The summed E-state index contributed by atoms with van der Waals surface area (Å²) in [5.74, 6) is -0.129. The lowest BCUT2D eigenvalue weighted by Gasteiger charge is -2.24. The van der Waals surface area contributed by atoms with Crippen LogP contribution in [0.15, 0.2) is 48.5 Å². The van der Waals surface area contributed by atoms with Gasteiger partial charge in [-0.25, -0.2) is 9.07 Å². The van der Waals surface area contributed by atoms with E-state index < -0.39 is 10.7 Å². The first-order chi connectivity index (χ1) is 17.1. The monoisotopic (exact) mass is 508 g/mol. The molecule has 0 aliphatic carbocycles. The van der Waals surface area contributed by atoms with Crippen LogP contribution in [0.2, 0.25) is 0 Å². The minimum absolute atomic E-state index is 0.117. The van der Waals surface area contributed by atoms with Crippen LogP contribution in [0.5, 0.6) is 0 Å². The molecule has 0 saturated carbocycles. The number of fused-ring (bicyclic) bond motifs is 1. The van der Waals surface area contributed by atoms with E-state index in [1.165, 1.54) is 22.7 Å². The number of benzene rings is 2. The number of carbonyl (C=O) groups is 2. The molecule has 1 atom stereocenters. The van der Waals surface area contributed by atoms with E-state index in [-0.39, 0.29) is 29.9 Å². The van der Waals surface area contributed by atoms with E-state index in [1.807, 2.05) is 44.2 Å². The van der Waals surface area contributed by atoms with Gasteiger partial charge in [-0.05, 0) is 31.5 Å². The molecule has 36 heavy (non-hydrogen) atoms. The van der Waals surface area contributed by atoms with Crippen LogP contribution >= 0.6 is 11.8 Å². The number of carbonyl (C=O) groups excluding carboxylic acids is 2. The smallest absolute Gasteiger partial charge is 0.240 e. The first kappa shape index (κ1) is 25.9. The highest BCUT2D eigenvalue weighted by Crippen LogP contribution is 2.48. The molecule has 190 valence electrons. The molecule has 1 aromatic heterocycles. The van der Waals surface area contributed by atoms with Gasteiger partial charge in [0.25, 0.3) is 0 Å². The van der Waals surface area contributed by atoms with Crippen molar-refractivity contribution < 1.29 is 14.0 Å². The largest absolute Gasteiger partial charge is 0.355 e. The fourth-order valence-electron chi connectivity index (χ4n) is 4.34. The molecule has 1 aliphatic heterocycles. The second-order valence-corrected chi connectivity index (χ2v) is 11.2. The highest BCUT2D eigenvalue weighted by molar-refractivity contribution is 8.00. The summed E-state index contributed by atoms with van der Waals surface area (Å²) in [6.07, 6.45) is 0.797. The Kier molecular flexibility index (Phi) is 7.54. The molecule has 0 bridgehead atoms. The Morgan fingerprint density at radius 2 is 1.86 bits per heavy atom. The van der Waals surface area contributed by atoms with E-state index in [0.717, 1.165) is 28.9 Å². The van der Waals surface area contributed by atoms with Crippen molar-refractivity contribution in [1.82, 2.24) is 15.1 Å². The predicted molar refractivity (Wildman–Crippen MR) is 143 cm³/mol. The highest BCUT2D eigenvalue weighted by atomic mass is 32.2. The van der Waals surface area contributed by atoms with Gasteiger partial charge in [-0.15, -0.1) is 11.8 Å². The van der Waals surface area contributed by atoms with E-state index >= 15 is 4.39 Å². The minimum Gasteiger partial charge on any atom is -0.355 e. The number of nitrogens with zero attached hydrogens (tertiary/aromatic N) is 3. The normalized spacial score (nSPS) is 16.0. The van der Waals surface area contributed by atoms with Crippen LogP contribution in [-0.2, 0) is 15.0 Å². The Bertz CT molecular complexity index is 1260. The number of hydrogen-bond acceptors (Lipinski definition) is 4. The zero-order valence-electron chi connectivity index (χ0n) is 21.5.